The molecule has 0 spiro atoms. The molecule has 1 unspecified atom stereocenters. The Balaban J connectivity index is 2.08. The fourth-order valence-electron chi connectivity index (χ4n) is 3.27. The average molecular weight is 489 g/mol. The number of carbonyl (C=O) groups excluding carboxylic acids is 1. The molecule has 0 saturated heterocycles. The molecule has 1 heterocycles. The maximum atomic E-state index is 13.4. The van der Waals surface area contributed by atoms with Crippen LogP contribution in [-0.2, 0) is 21.8 Å². The smallest absolute Gasteiger partial charge is 0.340 e. The molecule has 0 aliphatic rings. The maximum absolute atomic E-state index is 13.4. The molecule has 0 aliphatic heterocycles. The Kier molecular flexibility index (Phi) is 6.67. The first-order valence-corrected chi connectivity index (χ1v) is 11.6. The van der Waals surface area contributed by atoms with Gasteiger partial charge in [0.2, 0.25) is 0 Å². The molecule has 0 amide bonds. The molecule has 0 aliphatic carbocycles. The number of hydrogen-bond donors (Lipinski definition) is 0. The van der Waals surface area contributed by atoms with Crippen LogP contribution in [-0.4, -0.2) is 36.9 Å². The molecule has 0 saturated carbocycles. The van der Waals surface area contributed by atoms with Crippen molar-refractivity contribution in [2.24, 2.45) is 7.05 Å². The zero-order chi connectivity index (χ0) is 24.5. The van der Waals surface area contributed by atoms with Crippen molar-refractivity contribution >= 4 is 33.3 Å². The summed E-state index contributed by atoms with van der Waals surface area (Å²) in [5.74, 6) is -0.934. The first kappa shape index (κ1) is 24.1. The molecule has 1 aromatic heterocycles. The number of aromatic nitrogens is 2. The van der Waals surface area contributed by atoms with E-state index in [0.717, 1.165) is 10.4 Å². The predicted molar refractivity (Wildman–Crippen MR) is 123 cm³/mol. The zero-order valence-corrected chi connectivity index (χ0v) is 19.9. The quantitative estimate of drug-likeness (QED) is 0.492. The van der Waals surface area contributed by atoms with E-state index < -0.39 is 27.7 Å². The van der Waals surface area contributed by atoms with E-state index in [0.29, 0.717) is 11.4 Å². The highest BCUT2D eigenvalue weighted by Crippen LogP contribution is 2.27. The van der Waals surface area contributed by atoms with Gasteiger partial charge in [-0.3, -0.25) is 13.8 Å². The van der Waals surface area contributed by atoms with Gasteiger partial charge in [0.1, 0.15) is 11.8 Å². The molecule has 172 valence electrons. The summed E-state index contributed by atoms with van der Waals surface area (Å²) in [5.41, 5.74) is 0.224. The minimum absolute atomic E-state index is 0.0333. The highest BCUT2D eigenvalue weighted by atomic mass is 35.5. The number of carbonyl (C=O) groups is 1. The average Bonchev–Trinajstić information content (AvgIpc) is 3.01. The van der Waals surface area contributed by atoms with Crippen LogP contribution in [0.5, 0.6) is 0 Å². The van der Waals surface area contributed by atoms with E-state index in [1.807, 2.05) is 6.07 Å². The van der Waals surface area contributed by atoms with Gasteiger partial charge in [-0.25, -0.2) is 17.9 Å². The predicted octanol–water partition coefficient (Wildman–Crippen LogP) is 3.03. The van der Waals surface area contributed by atoms with Gasteiger partial charge < -0.3 is 4.74 Å². The van der Waals surface area contributed by atoms with Gasteiger partial charge in [-0.15, -0.1) is 0 Å². The highest BCUT2D eigenvalue weighted by molar-refractivity contribution is 7.92. The summed E-state index contributed by atoms with van der Waals surface area (Å²) in [6.07, 6.45) is -1.04. The Bertz CT molecular complexity index is 1420. The summed E-state index contributed by atoms with van der Waals surface area (Å²) in [6, 6.07) is 14.1. The number of hydrogen-bond acceptors (Lipinski definition) is 6. The van der Waals surface area contributed by atoms with Crippen LogP contribution in [0.2, 0.25) is 5.02 Å². The lowest BCUT2D eigenvalue weighted by atomic mass is 10.2. The molecule has 0 radical (unpaired) electrons. The Hall–Kier alpha value is -3.55. The highest BCUT2D eigenvalue weighted by Gasteiger charge is 2.30. The molecule has 3 rings (SSSR count). The molecule has 0 fully saturated rings. The van der Waals surface area contributed by atoms with Gasteiger partial charge in [-0.1, -0.05) is 29.8 Å². The van der Waals surface area contributed by atoms with Crippen molar-refractivity contribution in [2.45, 2.75) is 24.8 Å². The number of esters is 1. The van der Waals surface area contributed by atoms with Crippen LogP contribution in [0.1, 0.15) is 23.0 Å². The summed E-state index contributed by atoms with van der Waals surface area (Å²) in [6.45, 7) is 3.01. The first-order chi connectivity index (χ1) is 15.5. The summed E-state index contributed by atoms with van der Waals surface area (Å²) < 4.78 is 35.5. The van der Waals surface area contributed by atoms with Crippen molar-refractivity contribution in [3.05, 3.63) is 75.2 Å². The van der Waals surface area contributed by atoms with Crippen LogP contribution in [0.3, 0.4) is 0 Å². The third-order valence-electron chi connectivity index (χ3n) is 5.12. The third kappa shape index (κ3) is 4.37. The standard InChI is InChI=1S/C22H21ClN4O5S/c1-14(13-24)32-22(29)18-12-17(10-11-19(18)23)33(30,31)26(4)20-15(2)25(3)27(21(20)28)16-8-6-5-7-9-16/h5-12,14H,1-4H3. The fourth-order valence-corrected chi connectivity index (χ4v) is 4.74. The maximum Gasteiger partial charge on any atom is 0.340 e. The zero-order valence-electron chi connectivity index (χ0n) is 18.3. The lowest BCUT2D eigenvalue weighted by Gasteiger charge is -2.19. The summed E-state index contributed by atoms with van der Waals surface area (Å²) in [7, 11) is -1.34. The van der Waals surface area contributed by atoms with Crippen molar-refractivity contribution in [3.8, 4) is 11.8 Å². The van der Waals surface area contributed by atoms with Crippen LogP contribution in [0.25, 0.3) is 5.69 Å². The lowest BCUT2D eigenvalue weighted by Crippen LogP contribution is -2.32. The molecular formula is C22H21ClN4O5S. The second-order valence-corrected chi connectivity index (χ2v) is 9.58. The Morgan fingerprint density at radius 3 is 2.45 bits per heavy atom. The summed E-state index contributed by atoms with van der Waals surface area (Å²) in [5, 5.41) is 8.81. The van der Waals surface area contributed by atoms with Gasteiger partial charge in [-0.2, -0.15) is 5.26 Å². The molecule has 3 aromatic rings. The Morgan fingerprint density at radius 2 is 1.85 bits per heavy atom. The second kappa shape index (κ2) is 9.13. The largest absolute Gasteiger partial charge is 0.444 e. The monoisotopic (exact) mass is 488 g/mol. The summed E-state index contributed by atoms with van der Waals surface area (Å²) in [4.78, 5) is 25.3. The number of ether oxygens (including phenoxy) is 1. The van der Waals surface area contributed by atoms with Crippen LogP contribution in [0, 0.1) is 18.3 Å². The van der Waals surface area contributed by atoms with Gasteiger partial charge >= 0.3 is 5.97 Å². The number of anilines is 1. The van der Waals surface area contributed by atoms with Crippen molar-refractivity contribution in [1.82, 2.24) is 9.36 Å². The number of sulfonamides is 1. The third-order valence-corrected chi connectivity index (χ3v) is 7.20. The van der Waals surface area contributed by atoms with Gasteiger partial charge in [0.15, 0.2) is 6.10 Å². The minimum Gasteiger partial charge on any atom is -0.444 e. The second-order valence-electron chi connectivity index (χ2n) is 7.20. The first-order valence-electron chi connectivity index (χ1n) is 9.73. The van der Waals surface area contributed by atoms with Gasteiger partial charge in [-0.05, 0) is 44.2 Å². The van der Waals surface area contributed by atoms with Crippen LogP contribution in [0.15, 0.2) is 58.2 Å². The van der Waals surface area contributed by atoms with E-state index in [1.54, 1.807) is 49.0 Å². The Labute approximate surface area is 196 Å². The van der Waals surface area contributed by atoms with Crippen molar-refractivity contribution in [2.75, 3.05) is 11.4 Å². The van der Waals surface area contributed by atoms with E-state index in [4.69, 9.17) is 21.6 Å². The topological polar surface area (TPSA) is 114 Å². The van der Waals surface area contributed by atoms with Gasteiger partial charge in [0, 0.05) is 14.1 Å². The van der Waals surface area contributed by atoms with Crippen LogP contribution in [0.4, 0.5) is 5.69 Å². The summed E-state index contributed by atoms with van der Waals surface area (Å²) >= 11 is 6.06. The van der Waals surface area contributed by atoms with Crippen LogP contribution < -0.4 is 9.86 Å². The van der Waals surface area contributed by atoms with Gasteiger partial charge in [0.25, 0.3) is 15.6 Å². The normalized spacial score (nSPS) is 12.1. The number of para-hydroxylation sites is 1. The van der Waals surface area contributed by atoms with Crippen molar-refractivity contribution in [1.29, 1.82) is 5.26 Å². The van der Waals surface area contributed by atoms with E-state index in [1.165, 1.54) is 30.8 Å². The van der Waals surface area contributed by atoms with Crippen molar-refractivity contribution in [3.63, 3.8) is 0 Å². The molecule has 2 aromatic carbocycles. The number of rotatable bonds is 6. The number of nitrogens with zero attached hydrogens (tertiary/aromatic N) is 4. The molecule has 0 N–H and O–H groups in total. The lowest BCUT2D eigenvalue weighted by molar-refractivity contribution is 0.0435. The minimum atomic E-state index is -4.25. The van der Waals surface area contributed by atoms with E-state index in [-0.39, 0.29) is 21.2 Å². The number of nitriles is 1. The molecular weight excluding hydrogens is 468 g/mol. The molecule has 0 bridgehead atoms. The van der Waals surface area contributed by atoms with E-state index >= 15 is 0 Å². The van der Waals surface area contributed by atoms with Crippen LogP contribution >= 0.6 is 11.6 Å². The fraction of sp³-hybridized carbons (Fsp3) is 0.227. The molecule has 1 atom stereocenters. The van der Waals surface area contributed by atoms with Crippen molar-refractivity contribution < 1.29 is 17.9 Å². The molecule has 11 heteroatoms. The van der Waals surface area contributed by atoms with Gasteiger partial charge in [0.05, 0.1) is 26.9 Å². The number of halogens is 1. The molecule has 33 heavy (non-hydrogen) atoms. The van der Waals surface area contributed by atoms with E-state index in [9.17, 15) is 18.0 Å². The number of benzene rings is 2. The van der Waals surface area contributed by atoms with E-state index in [2.05, 4.69) is 0 Å². The SMILES string of the molecule is Cc1c(N(C)S(=O)(=O)c2ccc(Cl)c(C(=O)OC(C)C#N)c2)c(=O)n(-c2ccccc2)n1C. The molecule has 9 nitrogen and oxygen atoms in total. The Morgan fingerprint density at radius 1 is 1.21 bits per heavy atom.